The molecule has 1 fully saturated rings. The number of nitrogens with zero attached hydrogens (tertiary/aromatic N) is 3. The molecule has 3 aromatic heterocycles. The summed E-state index contributed by atoms with van der Waals surface area (Å²) in [7, 11) is 0. The predicted octanol–water partition coefficient (Wildman–Crippen LogP) is 4.97. The quantitative estimate of drug-likeness (QED) is 0.570. The molecule has 168 valence electrons. The number of carboxylic acid groups (broad SMARTS) is 1. The lowest BCUT2D eigenvalue weighted by Crippen LogP contribution is -2.38. The lowest BCUT2D eigenvalue weighted by molar-refractivity contribution is -0.143. The Hall–Kier alpha value is -2.38. The summed E-state index contributed by atoms with van der Waals surface area (Å²) in [6, 6.07) is 6.09. The summed E-state index contributed by atoms with van der Waals surface area (Å²) < 4.78 is 2.24. The van der Waals surface area contributed by atoms with Crippen LogP contribution in [0, 0.1) is 11.8 Å². The number of hydrogen-bond donors (Lipinski definition) is 1. The number of amides is 1. The molecule has 0 bridgehead atoms. The van der Waals surface area contributed by atoms with Crippen LogP contribution in [0.15, 0.2) is 29.8 Å². The maximum Gasteiger partial charge on any atom is 0.306 e. The van der Waals surface area contributed by atoms with Gasteiger partial charge in [0.15, 0.2) is 0 Å². The molecule has 0 unspecified atom stereocenters. The van der Waals surface area contributed by atoms with Crippen molar-refractivity contribution in [1.82, 2.24) is 14.5 Å². The van der Waals surface area contributed by atoms with Crippen LogP contribution < -0.4 is 0 Å². The van der Waals surface area contributed by atoms with Gasteiger partial charge in [-0.2, -0.15) is 0 Å². The van der Waals surface area contributed by atoms with Gasteiger partial charge in [0.1, 0.15) is 5.65 Å². The SMILES string of the molecule is O=C(O)C1CCC(CC(=O)N2CCc3c(n(Cc4cc(Cl)cs4)c4ncccc34)C2)CC1. The highest BCUT2D eigenvalue weighted by atomic mass is 35.5. The Balaban J connectivity index is 1.34. The van der Waals surface area contributed by atoms with Crippen LogP contribution in [0.3, 0.4) is 0 Å². The van der Waals surface area contributed by atoms with Crippen molar-refractivity contribution in [2.45, 2.75) is 51.6 Å². The molecule has 8 heteroatoms. The van der Waals surface area contributed by atoms with E-state index in [4.69, 9.17) is 11.6 Å². The van der Waals surface area contributed by atoms with Crippen LogP contribution in [0.1, 0.15) is 48.2 Å². The number of carbonyl (C=O) groups excluding carboxylic acids is 1. The monoisotopic (exact) mass is 471 g/mol. The molecule has 1 aliphatic carbocycles. The molecule has 6 nitrogen and oxygen atoms in total. The number of carboxylic acids is 1. The first-order chi connectivity index (χ1) is 15.5. The molecule has 1 saturated carbocycles. The van der Waals surface area contributed by atoms with Gasteiger partial charge in [0.05, 0.1) is 24.0 Å². The van der Waals surface area contributed by atoms with E-state index in [1.54, 1.807) is 11.3 Å². The van der Waals surface area contributed by atoms with Gasteiger partial charge in [-0.3, -0.25) is 9.59 Å². The van der Waals surface area contributed by atoms with Crippen LogP contribution in [-0.4, -0.2) is 38.0 Å². The molecule has 0 radical (unpaired) electrons. The molecule has 0 aromatic carbocycles. The van der Waals surface area contributed by atoms with E-state index in [1.807, 2.05) is 28.6 Å². The largest absolute Gasteiger partial charge is 0.481 e. The molecule has 1 N–H and O–H groups in total. The second-order valence-electron chi connectivity index (χ2n) is 8.94. The van der Waals surface area contributed by atoms with Crippen molar-refractivity contribution in [3.63, 3.8) is 0 Å². The minimum atomic E-state index is -0.702. The molecule has 0 atom stereocenters. The van der Waals surface area contributed by atoms with Crippen molar-refractivity contribution in [2.24, 2.45) is 11.8 Å². The number of hydrogen-bond acceptors (Lipinski definition) is 4. The average Bonchev–Trinajstić information content (AvgIpc) is 3.35. The fourth-order valence-electron chi connectivity index (χ4n) is 5.23. The normalized spacial score (nSPS) is 21.0. The van der Waals surface area contributed by atoms with E-state index in [1.165, 1.54) is 15.8 Å². The molecule has 0 spiro atoms. The maximum absolute atomic E-state index is 13.1. The van der Waals surface area contributed by atoms with E-state index < -0.39 is 5.97 Å². The first-order valence-electron chi connectivity index (χ1n) is 11.2. The molecule has 1 aliphatic heterocycles. The van der Waals surface area contributed by atoms with Gasteiger partial charge in [-0.05, 0) is 61.8 Å². The molecule has 0 saturated heterocycles. The van der Waals surface area contributed by atoms with Gasteiger partial charge in [-0.1, -0.05) is 11.6 Å². The Morgan fingerprint density at radius 2 is 2.06 bits per heavy atom. The zero-order valence-electron chi connectivity index (χ0n) is 17.8. The van der Waals surface area contributed by atoms with Crippen molar-refractivity contribution < 1.29 is 14.7 Å². The van der Waals surface area contributed by atoms with Crippen molar-refractivity contribution in [3.05, 3.63) is 50.9 Å². The lowest BCUT2D eigenvalue weighted by Gasteiger charge is -2.31. The van der Waals surface area contributed by atoms with Crippen LogP contribution in [0.5, 0.6) is 0 Å². The number of thiophene rings is 1. The summed E-state index contributed by atoms with van der Waals surface area (Å²) in [5, 5.41) is 13.1. The minimum absolute atomic E-state index is 0.179. The number of carbonyl (C=O) groups is 2. The average molecular weight is 472 g/mol. The second-order valence-corrected chi connectivity index (χ2v) is 10.4. The molecule has 2 aliphatic rings. The van der Waals surface area contributed by atoms with E-state index in [0.717, 1.165) is 42.2 Å². The Morgan fingerprint density at radius 1 is 1.25 bits per heavy atom. The number of rotatable bonds is 5. The standard InChI is InChI=1S/C24H26ClN3O3S/c25-17-11-18(32-14-17)12-28-21-13-27(9-7-19(21)20-2-1-8-26-23(20)28)22(29)10-15-3-5-16(6-4-15)24(30)31/h1-2,8,11,14-16H,3-7,9-10,12-13H2,(H,30,31). The molecular formula is C24H26ClN3O3S. The number of halogens is 1. The molecule has 3 aromatic rings. The Labute approximate surface area is 195 Å². The summed E-state index contributed by atoms with van der Waals surface area (Å²) in [5.41, 5.74) is 3.42. The summed E-state index contributed by atoms with van der Waals surface area (Å²) in [4.78, 5) is 32.1. The number of fused-ring (bicyclic) bond motifs is 3. The fraction of sp³-hybridized carbons (Fsp3) is 0.458. The van der Waals surface area contributed by atoms with E-state index in [-0.39, 0.29) is 11.8 Å². The molecular weight excluding hydrogens is 446 g/mol. The zero-order chi connectivity index (χ0) is 22.2. The van der Waals surface area contributed by atoms with Gasteiger partial charge in [0, 0.05) is 40.5 Å². The van der Waals surface area contributed by atoms with Crippen LogP contribution in [0.4, 0.5) is 0 Å². The zero-order valence-corrected chi connectivity index (χ0v) is 19.4. The lowest BCUT2D eigenvalue weighted by atomic mass is 9.80. The summed E-state index contributed by atoms with van der Waals surface area (Å²) in [6.07, 6.45) is 6.17. The minimum Gasteiger partial charge on any atom is -0.481 e. The second kappa shape index (κ2) is 8.87. The topological polar surface area (TPSA) is 75.4 Å². The van der Waals surface area contributed by atoms with Crippen LogP contribution in [-0.2, 0) is 29.1 Å². The van der Waals surface area contributed by atoms with E-state index in [2.05, 4.69) is 15.6 Å². The molecule has 4 heterocycles. The number of aliphatic carboxylic acids is 1. The van der Waals surface area contributed by atoms with Crippen LogP contribution >= 0.6 is 22.9 Å². The summed E-state index contributed by atoms with van der Waals surface area (Å²) >= 11 is 7.78. The highest BCUT2D eigenvalue weighted by Gasteiger charge is 2.31. The summed E-state index contributed by atoms with van der Waals surface area (Å²) in [6.45, 7) is 2.00. The molecule has 32 heavy (non-hydrogen) atoms. The predicted molar refractivity (Wildman–Crippen MR) is 125 cm³/mol. The van der Waals surface area contributed by atoms with Gasteiger partial charge in [0.25, 0.3) is 0 Å². The van der Waals surface area contributed by atoms with E-state index in [0.29, 0.717) is 38.3 Å². The van der Waals surface area contributed by atoms with Crippen molar-refractivity contribution >= 4 is 45.8 Å². The Bertz CT molecular complexity index is 1160. The van der Waals surface area contributed by atoms with Gasteiger partial charge in [-0.25, -0.2) is 4.98 Å². The van der Waals surface area contributed by atoms with Gasteiger partial charge in [0.2, 0.25) is 5.91 Å². The van der Waals surface area contributed by atoms with Crippen molar-refractivity contribution in [2.75, 3.05) is 6.54 Å². The van der Waals surface area contributed by atoms with E-state index in [9.17, 15) is 14.7 Å². The smallest absolute Gasteiger partial charge is 0.306 e. The summed E-state index contributed by atoms with van der Waals surface area (Å²) in [5.74, 6) is -0.474. The van der Waals surface area contributed by atoms with Gasteiger partial charge in [-0.15, -0.1) is 11.3 Å². The fourth-order valence-corrected chi connectivity index (χ4v) is 6.29. The number of pyridine rings is 1. The molecule has 1 amide bonds. The van der Waals surface area contributed by atoms with Gasteiger partial charge < -0.3 is 14.6 Å². The Kier molecular flexibility index (Phi) is 5.95. The van der Waals surface area contributed by atoms with Crippen LogP contribution in [0.25, 0.3) is 11.0 Å². The third-order valence-electron chi connectivity index (χ3n) is 6.96. The highest BCUT2D eigenvalue weighted by molar-refractivity contribution is 7.10. The first kappa shape index (κ1) is 21.5. The molecule has 5 rings (SSSR count). The number of aromatic nitrogens is 2. The third kappa shape index (κ3) is 4.16. The van der Waals surface area contributed by atoms with Crippen molar-refractivity contribution in [3.8, 4) is 0 Å². The van der Waals surface area contributed by atoms with Gasteiger partial charge >= 0.3 is 5.97 Å². The highest BCUT2D eigenvalue weighted by Crippen LogP contribution is 2.34. The van der Waals surface area contributed by atoms with Crippen molar-refractivity contribution in [1.29, 1.82) is 0 Å². The van der Waals surface area contributed by atoms with Crippen LogP contribution in [0.2, 0.25) is 5.02 Å². The maximum atomic E-state index is 13.1. The Morgan fingerprint density at radius 3 is 2.78 bits per heavy atom. The van der Waals surface area contributed by atoms with E-state index >= 15 is 0 Å². The third-order valence-corrected chi connectivity index (χ3v) is 8.23. The first-order valence-corrected chi connectivity index (χ1v) is 12.4.